The van der Waals surface area contributed by atoms with Crippen molar-refractivity contribution in [2.75, 3.05) is 13.7 Å². The topological polar surface area (TPSA) is 115 Å². The van der Waals surface area contributed by atoms with Crippen LogP contribution in [0.25, 0.3) is 0 Å². The Balaban J connectivity index is 1.72. The first-order valence-corrected chi connectivity index (χ1v) is 7.16. The second kappa shape index (κ2) is 6.52. The van der Waals surface area contributed by atoms with E-state index >= 15 is 0 Å². The van der Waals surface area contributed by atoms with Crippen LogP contribution >= 0.6 is 0 Å². The number of ether oxygens (including phenoxy) is 4. The molecule has 8 nitrogen and oxygen atoms in total. The lowest BCUT2D eigenvalue weighted by atomic mass is 9.98. The number of benzene rings is 1. The molecule has 6 atom stereocenters. The molecule has 2 heterocycles. The first-order chi connectivity index (χ1) is 11.0. The summed E-state index contributed by atoms with van der Waals surface area (Å²) in [4.78, 5) is 11.4. The Hall–Kier alpha value is -1.55. The van der Waals surface area contributed by atoms with Crippen molar-refractivity contribution in [3.8, 4) is 0 Å². The molecular weight excluding hydrogens is 308 g/mol. The van der Waals surface area contributed by atoms with Gasteiger partial charge in [-0.25, -0.2) is 4.79 Å². The van der Waals surface area contributed by atoms with Gasteiger partial charge in [-0.2, -0.15) is 0 Å². The number of aliphatic hydroxyl groups is 3. The highest BCUT2D eigenvalue weighted by Gasteiger charge is 2.48. The highest BCUT2D eigenvalue weighted by atomic mass is 16.7. The summed E-state index contributed by atoms with van der Waals surface area (Å²) in [5.41, 5.74) is 1.04. The molecule has 126 valence electrons. The van der Waals surface area contributed by atoms with Crippen molar-refractivity contribution in [2.45, 2.75) is 37.0 Å². The van der Waals surface area contributed by atoms with Gasteiger partial charge in [-0.1, -0.05) is 12.1 Å². The smallest absolute Gasteiger partial charge is 0.337 e. The average Bonchev–Trinajstić information content (AvgIpc) is 2.59. The lowest BCUT2D eigenvalue weighted by Crippen LogP contribution is -2.61. The first kappa shape index (κ1) is 16.3. The molecule has 0 aliphatic carbocycles. The number of hydrogen-bond donors (Lipinski definition) is 3. The second-order valence-electron chi connectivity index (χ2n) is 5.43. The molecule has 23 heavy (non-hydrogen) atoms. The van der Waals surface area contributed by atoms with Gasteiger partial charge in [-0.15, -0.1) is 0 Å². The number of rotatable bonds is 2. The Bertz CT molecular complexity index is 557. The van der Waals surface area contributed by atoms with E-state index in [9.17, 15) is 20.1 Å². The molecule has 2 aliphatic heterocycles. The van der Waals surface area contributed by atoms with E-state index < -0.39 is 43.0 Å². The number of fused-ring (bicyclic) bond motifs is 1. The van der Waals surface area contributed by atoms with Gasteiger partial charge in [0.15, 0.2) is 12.6 Å². The predicted molar refractivity (Wildman–Crippen MR) is 74.2 cm³/mol. The van der Waals surface area contributed by atoms with Crippen molar-refractivity contribution in [3.63, 3.8) is 0 Å². The van der Waals surface area contributed by atoms with Gasteiger partial charge >= 0.3 is 5.97 Å². The first-order valence-electron chi connectivity index (χ1n) is 7.16. The average molecular weight is 326 g/mol. The summed E-state index contributed by atoms with van der Waals surface area (Å²) in [6.45, 7) is 0.0922. The van der Waals surface area contributed by atoms with E-state index in [1.165, 1.54) is 7.11 Å². The van der Waals surface area contributed by atoms with E-state index in [4.69, 9.17) is 14.2 Å². The van der Waals surface area contributed by atoms with Crippen LogP contribution in [-0.4, -0.2) is 65.7 Å². The van der Waals surface area contributed by atoms with Gasteiger partial charge in [-0.05, 0) is 12.1 Å². The third-order valence-electron chi connectivity index (χ3n) is 3.96. The van der Waals surface area contributed by atoms with Crippen molar-refractivity contribution in [3.05, 3.63) is 35.4 Å². The van der Waals surface area contributed by atoms with E-state index in [2.05, 4.69) is 4.74 Å². The van der Waals surface area contributed by atoms with Crippen molar-refractivity contribution in [2.24, 2.45) is 0 Å². The van der Waals surface area contributed by atoms with Crippen LogP contribution in [0.3, 0.4) is 0 Å². The Morgan fingerprint density at radius 3 is 2.48 bits per heavy atom. The number of methoxy groups -OCH3 is 1. The lowest BCUT2D eigenvalue weighted by molar-refractivity contribution is -0.354. The zero-order chi connectivity index (χ0) is 16.6. The van der Waals surface area contributed by atoms with E-state index in [1.807, 2.05) is 0 Å². The molecule has 0 bridgehead atoms. The summed E-state index contributed by atoms with van der Waals surface area (Å²) in [6.07, 6.45) is -6.49. The third-order valence-corrected chi connectivity index (χ3v) is 3.96. The Labute approximate surface area is 132 Å². The minimum Gasteiger partial charge on any atom is -0.465 e. The fraction of sp³-hybridized carbons (Fsp3) is 0.533. The second-order valence-corrected chi connectivity index (χ2v) is 5.43. The highest BCUT2D eigenvalue weighted by Crippen LogP contribution is 2.33. The van der Waals surface area contributed by atoms with Crippen LogP contribution in [0.2, 0.25) is 0 Å². The largest absolute Gasteiger partial charge is 0.465 e. The molecule has 3 rings (SSSR count). The van der Waals surface area contributed by atoms with Crippen molar-refractivity contribution >= 4 is 5.97 Å². The van der Waals surface area contributed by atoms with Crippen LogP contribution in [0.4, 0.5) is 0 Å². The van der Waals surface area contributed by atoms with Gasteiger partial charge in [0.25, 0.3) is 0 Å². The quantitative estimate of drug-likeness (QED) is 0.613. The molecular formula is C15H18O8. The van der Waals surface area contributed by atoms with Gasteiger partial charge in [0.1, 0.15) is 24.4 Å². The Kier molecular flexibility index (Phi) is 4.62. The molecule has 0 aromatic heterocycles. The summed E-state index contributed by atoms with van der Waals surface area (Å²) in [5.74, 6) is -0.449. The fourth-order valence-electron chi connectivity index (χ4n) is 2.66. The van der Waals surface area contributed by atoms with Crippen LogP contribution in [0, 0.1) is 0 Å². The molecule has 8 heteroatoms. The molecule has 2 fully saturated rings. The van der Waals surface area contributed by atoms with Crippen LogP contribution in [0.5, 0.6) is 0 Å². The molecule has 2 saturated heterocycles. The number of carbonyl (C=O) groups excluding carboxylic acids is 1. The number of hydrogen-bond acceptors (Lipinski definition) is 8. The molecule has 0 spiro atoms. The van der Waals surface area contributed by atoms with E-state index in [0.717, 1.165) is 0 Å². The molecule has 1 aromatic carbocycles. The Morgan fingerprint density at radius 1 is 1.13 bits per heavy atom. The summed E-state index contributed by atoms with van der Waals surface area (Å²) in [7, 11) is 1.30. The SMILES string of the molecule is COC(=O)c1ccc([C@@H]2OC[C@H]3OC(O)[C@H](O)[C@@H](O)[C@@H]3O2)cc1. The number of aliphatic hydroxyl groups excluding tert-OH is 3. The van der Waals surface area contributed by atoms with E-state index in [-0.39, 0.29) is 6.61 Å². The maximum Gasteiger partial charge on any atom is 0.337 e. The third kappa shape index (κ3) is 3.09. The molecule has 1 aromatic rings. The number of esters is 1. The summed E-state index contributed by atoms with van der Waals surface area (Å²) < 4.78 is 21.0. The standard InChI is InChI=1S/C15H18O8/c1-20-13(18)7-2-4-8(5-3-7)15-21-6-9-12(23-15)10(16)11(17)14(19)22-9/h2-5,9-12,14-17,19H,6H2,1H3/t9-,10-,11-,12-,14?,15-/m1/s1. The van der Waals surface area contributed by atoms with Gasteiger partial charge in [0, 0.05) is 5.56 Å². The molecule has 0 radical (unpaired) electrons. The van der Waals surface area contributed by atoms with Crippen molar-refractivity contribution < 1.29 is 39.1 Å². The monoisotopic (exact) mass is 326 g/mol. The minimum absolute atomic E-state index is 0.0922. The fourth-order valence-corrected chi connectivity index (χ4v) is 2.66. The molecule has 1 unspecified atom stereocenters. The van der Waals surface area contributed by atoms with Crippen LogP contribution in [-0.2, 0) is 18.9 Å². The molecule has 3 N–H and O–H groups in total. The van der Waals surface area contributed by atoms with E-state index in [1.54, 1.807) is 24.3 Å². The maximum absolute atomic E-state index is 11.4. The zero-order valence-electron chi connectivity index (χ0n) is 12.4. The summed E-state index contributed by atoms with van der Waals surface area (Å²) >= 11 is 0. The van der Waals surface area contributed by atoms with Crippen LogP contribution in [0.1, 0.15) is 22.2 Å². The van der Waals surface area contributed by atoms with Crippen LogP contribution < -0.4 is 0 Å². The van der Waals surface area contributed by atoms with E-state index in [0.29, 0.717) is 11.1 Å². The van der Waals surface area contributed by atoms with Gasteiger partial charge in [-0.3, -0.25) is 0 Å². The lowest BCUT2D eigenvalue weighted by Gasteiger charge is -2.45. The predicted octanol–water partition coefficient (Wildman–Crippen LogP) is -0.674. The number of carbonyl (C=O) groups is 1. The molecule has 2 aliphatic rings. The molecule has 0 amide bonds. The Morgan fingerprint density at radius 2 is 1.83 bits per heavy atom. The molecule has 0 saturated carbocycles. The van der Waals surface area contributed by atoms with Gasteiger partial charge < -0.3 is 34.3 Å². The summed E-state index contributed by atoms with van der Waals surface area (Å²) in [5, 5.41) is 29.2. The maximum atomic E-state index is 11.4. The van der Waals surface area contributed by atoms with Crippen molar-refractivity contribution in [1.82, 2.24) is 0 Å². The van der Waals surface area contributed by atoms with Gasteiger partial charge in [0.2, 0.25) is 0 Å². The van der Waals surface area contributed by atoms with Crippen LogP contribution in [0.15, 0.2) is 24.3 Å². The highest BCUT2D eigenvalue weighted by molar-refractivity contribution is 5.89. The normalized spacial score (nSPS) is 37.0. The van der Waals surface area contributed by atoms with Crippen molar-refractivity contribution in [1.29, 1.82) is 0 Å². The van der Waals surface area contributed by atoms with Gasteiger partial charge in [0.05, 0.1) is 19.3 Å². The minimum atomic E-state index is -1.48. The zero-order valence-corrected chi connectivity index (χ0v) is 12.4. The summed E-state index contributed by atoms with van der Waals surface area (Å²) in [6, 6.07) is 6.45.